The summed E-state index contributed by atoms with van der Waals surface area (Å²) in [6, 6.07) is 8.31. The zero-order valence-corrected chi connectivity index (χ0v) is 13.8. The van der Waals surface area contributed by atoms with Gasteiger partial charge in [-0.15, -0.1) is 0 Å². The highest BCUT2D eigenvalue weighted by molar-refractivity contribution is 6.74. The largest absolute Gasteiger partial charge is 0.543 e. The van der Waals surface area contributed by atoms with Gasteiger partial charge in [0.05, 0.1) is 0 Å². The number of hydrogen-bond acceptors (Lipinski definition) is 1. The Kier molecular flexibility index (Phi) is 4.44. The summed E-state index contributed by atoms with van der Waals surface area (Å²) in [6.07, 6.45) is 2.18. The molecule has 0 bridgehead atoms. The van der Waals surface area contributed by atoms with Crippen molar-refractivity contribution in [1.29, 1.82) is 0 Å². The molecule has 0 saturated carbocycles. The first-order valence-electron chi connectivity index (χ1n) is 6.56. The highest BCUT2D eigenvalue weighted by atomic mass is 28.4. The third-order valence-electron chi connectivity index (χ3n) is 3.53. The Morgan fingerprint density at radius 2 is 1.67 bits per heavy atom. The zero-order chi connectivity index (χ0) is 14.0. The summed E-state index contributed by atoms with van der Waals surface area (Å²) in [5, 5.41) is 0.227. The van der Waals surface area contributed by atoms with Crippen LogP contribution in [0, 0.1) is 0 Å². The first-order valence-corrected chi connectivity index (χ1v) is 9.47. The average Bonchev–Trinajstić information content (AvgIpc) is 2.18. The number of allylic oxidation sites excluding steroid dienone is 1. The first-order chi connectivity index (χ1) is 8.13. The minimum absolute atomic E-state index is 0.227. The standard InChI is InChI=1S/C16H26OSi/c1-13(2)12-14-10-8-9-11-15(14)17-18(6,7)16(3,4)5/h8-12H,1-7H3. The summed E-state index contributed by atoms with van der Waals surface area (Å²) in [4.78, 5) is 0. The van der Waals surface area contributed by atoms with Gasteiger partial charge in [-0.25, -0.2) is 0 Å². The van der Waals surface area contributed by atoms with Crippen LogP contribution in [-0.2, 0) is 0 Å². The Morgan fingerprint density at radius 1 is 1.11 bits per heavy atom. The minimum atomic E-state index is -1.76. The van der Waals surface area contributed by atoms with Crippen molar-refractivity contribution in [3.63, 3.8) is 0 Å². The first kappa shape index (κ1) is 15.0. The van der Waals surface area contributed by atoms with E-state index in [2.05, 4.69) is 72.0 Å². The van der Waals surface area contributed by atoms with Crippen LogP contribution in [-0.4, -0.2) is 8.32 Å². The van der Waals surface area contributed by atoms with Crippen molar-refractivity contribution < 1.29 is 4.43 Å². The molecule has 18 heavy (non-hydrogen) atoms. The molecule has 0 aromatic heterocycles. The Hall–Kier alpha value is -1.02. The second kappa shape index (κ2) is 5.31. The Bertz CT molecular complexity index is 435. The molecule has 0 aliphatic carbocycles. The van der Waals surface area contributed by atoms with Gasteiger partial charge in [-0.1, -0.05) is 50.6 Å². The summed E-state index contributed by atoms with van der Waals surface area (Å²) in [6.45, 7) is 15.6. The van der Waals surface area contributed by atoms with Crippen molar-refractivity contribution in [3.05, 3.63) is 35.4 Å². The second-order valence-corrected chi connectivity index (χ2v) is 11.3. The third-order valence-corrected chi connectivity index (χ3v) is 7.88. The molecule has 0 saturated heterocycles. The molecule has 0 aliphatic heterocycles. The quantitative estimate of drug-likeness (QED) is 0.654. The maximum atomic E-state index is 6.39. The lowest BCUT2D eigenvalue weighted by Crippen LogP contribution is -2.44. The molecule has 1 rings (SSSR count). The molecule has 0 radical (unpaired) electrons. The van der Waals surface area contributed by atoms with E-state index in [1.807, 2.05) is 6.07 Å². The molecular weight excluding hydrogens is 236 g/mol. The highest BCUT2D eigenvalue weighted by Gasteiger charge is 2.39. The number of para-hydroxylation sites is 1. The summed E-state index contributed by atoms with van der Waals surface area (Å²) >= 11 is 0. The summed E-state index contributed by atoms with van der Waals surface area (Å²) < 4.78 is 6.39. The fourth-order valence-corrected chi connectivity index (χ4v) is 2.47. The van der Waals surface area contributed by atoms with Gasteiger partial charge in [0, 0.05) is 5.56 Å². The van der Waals surface area contributed by atoms with Crippen LogP contribution < -0.4 is 4.43 Å². The van der Waals surface area contributed by atoms with Gasteiger partial charge in [-0.05, 0) is 38.0 Å². The van der Waals surface area contributed by atoms with E-state index in [0.29, 0.717) is 0 Å². The van der Waals surface area contributed by atoms with Crippen LogP contribution in [0.2, 0.25) is 18.1 Å². The van der Waals surface area contributed by atoms with Crippen molar-refractivity contribution in [2.24, 2.45) is 0 Å². The van der Waals surface area contributed by atoms with Gasteiger partial charge in [0.25, 0.3) is 8.32 Å². The molecule has 0 aliphatic rings. The van der Waals surface area contributed by atoms with Crippen LogP contribution >= 0.6 is 0 Å². The lowest BCUT2D eigenvalue weighted by molar-refractivity contribution is 0.491. The smallest absolute Gasteiger partial charge is 0.250 e. The molecule has 2 heteroatoms. The molecule has 0 heterocycles. The number of benzene rings is 1. The fourth-order valence-electron chi connectivity index (χ4n) is 1.43. The topological polar surface area (TPSA) is 9.23 Å². The van der Waals surface area contributed by atoms with Crippen LogP contribution in [0.4, 0.5) is 0 Å². The molecule has 1 aromatic carbocycles. The van der Waals surface area contributed by atoms with Gasteiger partial charge >= 0.3 is 0 Å². The van der Waals surface area contributed by atoms with Crippen molar-refractivity contribution in [2.45, 2.75) is 52.8 Å². The normalized spacial score (nSPS) is 12.2. The highest BCUT2D eigenvalue weighted by Crippen LogP contribution is 2.38. The van der Waals surface area contributed by atoms with E-state index >= 15 is 0 Å². The second-order valence-electron chi connectivity index (χ2n) is 6.62. The molecular formula is C16H26OSi. The van der Waals surface area contributed by atoms with Crippen LogP contribution in [0.5, 0.6) is 5.75 Å². The molecule has 100 valence electrons. The van der Waals surface area contributed by atoms with E-state index in [4.69, 9.17) is 4.43 Å². The lowest BCUT2D eigenvalue weighted by atomic mass is 10.1. The zero-order valence-electron chi connectivity index (χ0n) is 12.8. The van der Waals surface area contributed by atoms with Crippen molar-refractivity contribution in [3.8, 4) is 5.75 Å². The van der Waals surface area contributed by atoms with Crippen molar-refractivity contribution >= 4 is 14.4 Å². The summed E-state index contributed by atoms with van der Waals surface area (Å²) in [5.74, 6) is 1.02. The predicted octanol–water partition coefficient (Wildman–Crippen LogP) is 5.49. The Balaban J connectivity index is 3.09. The van der Waals surface area contributed by atoms with Gasteiger partial charge in [0.1, 0.15) is 5.75 Å². The molecule has 0 amide bonds. The van der Waals surface area contributed by atoms with E-state index in [1.165, 1.54) is 11.1 Å². The fraction of sp³-hybridized carbons (Fsp3) is 0.500. The monoisotopic (exact) mass is 262 g/mol. The number of hydrogen-bond donors (Lipinski definition) is 0. The van der Waals surface area contributed by atoms with Crippen LogP contribution in [0.25, 0.3) is 6.08 Å². The van der Waals surface area contributed by atoms with Crippen molar-refractivity contribution in [2.75, 3.05) is 0 Å². The summed E-state index contributed by atoms with van der Waals surface area (Å²) in [5.41, 5.74) is 2.48. The van der Waals surface area contributed by atoms with E-state index in [-0.39, 0.29) is 5.04 Å². The van der Waals surface area contributed by atoms with E-state index in [9.17, 15) is 0 Å². The Morgan fingerprint density at radius 3 is 2.17 bits per heavy atom. The minimum Gasteiger partial charge on any atom is -0.543 e. The SMILES string of the molecule is CC(C)=Cc1ccccc1O[Si](C)(C)C(C)(C)C. The van der Waals surface area contributed by atoms with Crippen LogP contribution in [0.15, 0.2) is 29.8 Å². The van der Waals surface area contributed by atoms with Crippen LogP contribution in [0.1, 0.15) is 40.2 Å². The lowest BCUT2D eigenvalue weighted by Gasteiger charge is -2.36. The third kappa shape index (κ3) is 3.74. The molecule has 0 fully saturated rings. The van der Waals surface area contributed by atoms with E-state index in [0.717, 1.165) is 5.75 Å². The molecule has 0 atom stereocenters. The molecule has 1 nitrogen and oxygen atoms in total. The molecule has 1 aromatic rings. The van der Waals surface area contributed by atoms with Gasteiger partial charge < -0.3 is 4.43 Å². The number of rotatable bonds is 3. The van der Waals surface area contributed by atoms with Gasteiger partial charge in [0.15, 0.2) is 0 Å². The average molecular weight is 262 g/mol. The van der Waals surface area contributed by atoms with Gasteiger partial charge in [-0.3, -0.25) is 0 Å². The van der Waals surface area contributed by atoms with Gasteiger partial charge in [0.2, 0.25) is 0 Å². The van der Waals surface area contributed by atoms with Gasteiger partial charge in [-0.2, -0.15) is 0 Å². The van der Waals surface area contributed by atoms with Crippen LogP contribution in [0.3, 0.4) is 0 Å². The Labute approximate surface area is 113 Å². The van der Waals surface area contributed by atoms with E-state index < -0.39 is 8.32 Å². The predicted molar refractivity (Wildman–Crippen MR) is 83.6 cm³/mol. The van der Waals surface area contributed by atoms with Crippen molar-refractivity contribution in [1.82, 2.24) is 0 Å². The van der Waals surface area contributed by atoms with E-state index in [1.54, 1.807) is 0 Å². The molecule has 0 unspecified atom stereocenters. The maximum Gasteiger partial charge on any atom is 0.250 e. The maximum absolute atomic E-state index is 6.39. The molecule has 0 spiro atoms. The molecule has 0 N–H and O–H groups in total. The summed E-state index contributed by atoms with van der Waals surface area (Å²) in [7, 11) is -1.76.